The zero-order valence-corrected chi connectivity index (χ0v) is 17.1. The van der Waals surface area contributed by atoms with E-state index >= 15 is 0 Å². The van der Waals surface area contributed by atoms with Crippen LogP contribution in [-0.2, 0) is 0 Å². The molecule has 1 atom stereocenters. The minimum atomic E-state index is -0.0128. The van der Waals surface area contributed by atoms with Gasteiger partial charge in [0.1, 0.15) is 11.6 Å². The predicted molar refractivity (Wildman–Crippen MR) is 111 cm³/mol. The van der Waals surface area contributed by atoms with Gasteiger partial charge in [-0.25, -0.2) is 4.98 Å². The molecule has 1 aromatic heterocycles. The maximum atomic E-state index is 6.07. The van der Waals surface area contributed by atoms with Gasteiger partial charge in [-0.3, -0.25) is 0 Å². The lowest BCUT2D eigenvalue weighted by atomic mass is 10.0. The van der Waals surface area contributed by atoms with Gasteiger partial charge < -0.3 is 9.72 Å². The van der Waals surface area contributed by atoms with Gasteiger partial charge in [-0.15, -0.1) is 11.6 Å². The number of halogens is 2. The minimum absolute atomic E-state index is 0.0128. The van der Waals surface area contributed by atoms with Crippen molar-refractivity contribution in [2.75, 3.05) is 7.11 Å². The average molecular weight is 422 g/mol. The summed E-state index contributed by atoms with van der Waals surface area (Å²) in [4.78, 5) is 7.78. The maximum Gasteiger partial charge on any atom is 0.130 e. The molecule has 0 amide bonds. The molecule has 0 radical (unpaired) electrons. The fourth-order valence-electron chi connectivity index (χ4n) is 2.59. The van der Waals surface area contributed by atoms with Crippen molar-refractivity contribution in [1.29, 1.82) is 0 Å². The number of allylic oxidation sites excluding steroid dienone is 4. The first-order chi connectivity index (χ1) is 11.9. The van der Waals surface area contributed by atoms with Crippen molar-refractivity contribution in [3.05, 3.63) is 63.7 Å². The maximum absolute atomic E-state index is 6.07. The molecule has 3 nitrogen and oxygen atoms in total. The molecule has 0 aliphatic carbocycles. The molecule has 1 unspecified atom stereocenters. The lowest BCUT2D eigenvalue weighted by molar-refractivity contribution is 0.414. The lowest BCUT2D eigenvalue weighted by Gasteiger charge is -2.06. The summed E-state index contributed by atoms with van der Waals surface area (Å²) in [6.07, 6.45) is 9.84. The van der Waals surface area contributed by atoms with Gasteiger partial charge in [0.25, 0.3) is 0 Å². The number of alkyl halides is 1. The smallest absolute Gasteiger partial charge is 0.130 e. The van der Waals surface area contributed by atoms with Crippen molar-refractivity contribution in [2.45, 2.75) is 26.1 Å². The van der Waals surface area contributed by atoms with Gasteiger partial charge in [-0.05, 0) is 62.3 Å². The Hall–Kier alpha value is -1.78. The van der Waals surface area contributed by atoms with E-state index in [-0.39, 0.29) is 5.38 Å². The second-order valence-corrected chi connectivity index (χ2v) is 7.24. The summed E-state index contributed by atoms with van der Waals surface area (Å²) in [5.41, 5.74) is 4.17. The number of H-pyrrole nitrogens is 1. The Balaban J connectivity index is 2.26. The molecule has 0 saturated heterocycles. The number of benzene rings is 1. The molecule has 1 heterocycles. The highest BCUT2D eigenvalue weighted by atomic mass is 79.9. The van der Waals surface area contributed by atoms with Crippen LogP contribution in [0.5, 0.6) is 5.75 Å². The highest BCUT2D eigenvalue weighted by Crippen LogP contribution is 2.26. The second-order valence-electron chi connectivity index (χ2n) is 5.63. The molecule has 2 aromatic rings. The third-order valence-corrected chi connectivity index (χ3v) is 4.31. The van der Waals surface area contributed by atoms with Crippen LogP contribution in [0, 0.1) is 0 Å². The Bertz CT molecular complexity index is 819. The third kappa shape index (κ3) is 5.35. The normalized spacial score (nSPS) is 14.2. The lowest BCUT2D eigenvalue weighted by Crippen LogP contribution is -1.91. The van der Waals surface area contributed by atoms with Gasteiger partial charge in [0.05, 0.1) is 19.0 Å². The molecule has 1 N–H and O–H groups in total. The summed E-state index contributed by atoms with van der Waals surface area (Å²) < 4.78 is 6.39. The van der Waals surface area contributed by atoms with Crippen molar-refractivity contribution < 1.29 is 4.74 Å². The molecule has 0 saturated carbocycles. The van der Waals surface area contributed by atoms with Gasteiger partial charge in [0.15, 0.2) is 0 Å². The number of nitrogens with zero attached hydrogens (tertiary/aromatic N) is 1. The van der Waals surface area contributed by atoms with Crippen molar-refractivity contribution in [3.63, 3.8) is 0 Å². The second kappa shape index (κ2) is 9.07. The van der Waals surface area contributed by atoms with Crippen LogP contribution in [0.1, 0.15) is 37.9 Å². The molecule has 0 aliphatic heterocycles. The zero-order valence-electron chi connectivity index (χ0n) is 14.8. The Morgan fingerprint density at radius 2 is 2.12 bits per heavy atom. The number of aromatic amines is 1. The van der Waals surface area contributed by atoms with E-state index in [1.807, 2.05) is 56.5 Å². The van der Waals surface area contributed by atoms with Crippen molar-refractivity contribution in [3.8, 4) is 5.75 Å². The van der Waals surface area contributed by atoms with Gasteiger partial charge in [-0.2, -0.15) is 0 Å². The topological polar surface area (TPSA) is 37.9 Å². The van der Waals surface area contributed by atoms with Crippen LogP contribution in [0.4, 0.5) is 0 Å². The highest BCUT2D eigenvalue weighted by Gasteiger charge is 2.07. The fourth-order valence-corrected chi connectivity index (χ4v) is 3.16. The van der Waals surface area contributed by atoms with E-state index < -0.39 is 0 Å². The summed E-state index contributed by atoms with van der Waals surface area (Å²) >= 11 is 9.55. The number of hydrogen-bond acceptors (Lipinski definition) is 2. The SMILES string of the molecule is C/C=C(\C(C)=C/C(C)Cl)c1cnc(/C=C/c2cc(Br)ccc2OC)[nH]1. The zero-order chi connectivity index (χ0) is 18.4. The van der Waals surface area contributed by atoms with Crippen LogP contribution >= 0.6 is 27.5 Å². The number of nitrogens with one attached hydrogen (secondary N) is 1. The van der Waals surface area contributed by atoms with E-state index in [4.69, 9.17) is 16.3 Å². The Morgan fingerprint density at radius 1 is 1.36 bits per heavy atom. The highest BCUT2D eigenvalue weighted by molar-refractivity contribution is 9.10. The Morgan fingerprint density at radius 3 is 2.76 bits per heavy atom. The van der Waals surface area contributed by atoms with Crippen molar-refractivity contribution in [2.24, 2.45) is 0 Å². The standard InChI is InChI=1S/C20H22BrClN2O/c1-5-17(13(2)10-14(3)22)18-12-23-20(24-18)9-6-15-11-16(21)7-8-19(15)25-4/h5-12,14H,1-4H3,(H,23,24)/b9-6+,13-10-,17-5+. The summed E-state index contributed by atoms with van der Waals surface area (Å²) in [7, 11) is 1.66. The molecule has 132 valence electrons. The number of rotatable bonds is 6. The van der Waals surface area contributed by atoms with Gasteiger partial charge >= 0.3 is 0 Å². The molecule has 0 spiro atoms. The van der Waals surface area contributed by atoms with Crippen LogP contribution < -0.4 is 4.74 Å². The average Bonchev–Trinajstić information content (AvgIpc) is 3.01. The summed E-state index contributed by atoms with van der Waals surface area (Å²) in [6, 6.07) is 5.88. The molecule has 1 aromatic carbocycles. The van der Waals surface area contributed by atoms with E-state index in [1.54, 1.807) is 7.11 Å². The predicted octanol–water partition coefficient (Wildman–Crippen LogP) is 6.33. The van der Waals surface area contributed by atoms with E-state index in [0.717, 1.165) is 38.5 Å². The molecule has 25 heavy (non-hydrogen) atoms. The molecule has 0 bridgehead atoms. The van der Waals surface area contributed by atoms with Gasteiger partial charge in [0.2, 0.25) is 0 Å². The quantitative estimate of drug-likeness (QED) is 0.437. The largest absolute Gasteiger partial charge is 0.496 e. The van der Waals surface area contributed by atoms with Crippen LogP contribution in [0.25, 0.3) is 17.7 Å². The number of hydrogen-bond donors (Lipinski definition) is 1. The molecule has 5 heteroatoms. The number of imidazole rings is 1. The van der Waals surface area contributed by atoms with Crippen molar-refractivity contribution in [1.82, 2.24) is 9.97 Å². The number of ether oxygens (including phenoxy) is 1. The number of methoxy groups -OCH3 is 1. The molecule has 0 aliphatic rings. The minimum Gasteiger partial charge on any atom is -0.496 e. The first-order valence-corrected chi connectivity index (χ1v) is 9.23. The summed E-state index contributed by atoms with van der Waals surface area (Å²) in [5.74, 6) is 1.60. The molecular formula is C20H22BrClN2O. The van der Waals surface area contributed by atoms with E-state index in [0.29, 0.717) is 0 Å². The Labute approximate surface area is 162 Å². The molecule has 2 rings (SSSR count). The van der Waals surface area contributed by atoms with E-state index in [9.17, 15) is 0 Å². The van der Waals surface area contributed by atoms with Gasteiger partial charge in [-0.1, -0.05) is 28.1 Å². The van der Waals surface area contributed by atoms with Gasteiger partial charge in [0, 0.05) is 15.4 Å². The van der Waals surface area contributed by atoms with Crippen LogP contribution in [-0.4, -0.2) is 22.5 Å². The summed E-state index contributed by atoms with van der Waals surface area (Å²) in [6.45, 7) is 6.01. The third-order valence-electron chi connectivity index (χ3n) is 3.69. The van der Waals surface area contributed by atoms with E-state index in [1.165, 1.54) is 0 Å². The van der Waals surface area contributed by atoms with Crippen LogP contribution in [0.3, 0.4) is 0 Å². The molecule has 0 fully saturated rings. The van der Waals surface area contributed by atoms with E-state index in [2.05, 4.69) is 38.9 Å². The van der Waals surface area contributed by atoms with Crippen molar-refractivity contribution >= 4 is 45.3 Å². The first kappa shape index (κ1) is 19.5. The number of aromatic nitrogens is 2. The molecular weight excluding hydrogens is 400 g/mol. The summed E-state index contributed by atoms with van der Waals surface area (Å²) in [5, 5.41) is -0.0128. The monoisotopic (exact) mass is 420 g/mol. The van der Waals surface area contributed by atoms with Crippen LogP contribution in [0.15, 0.2) is 46.6 Å². The fraction of sp³-hybridized carbons (Fsp3) is 0.250. The first-order valence-electron chi connectivity index (χ1n) is 8.00. The Kier molecular flexibility index (Phi) is 7.09. The van der Waals surface area contributed by atoms with Crippen LogP contribution in [0.2, 0.25) is 0 Å².